The summed E-state index contributed by atoms with van der Waals surface area (Å²) in [7, 11) is 0. The van der Waals surface area contributed by atoms with Crippen LogP contribution in [0.2, 0.25) is 0 Å². The molecular weight excluding hydrogens is 367 g/mol. The molecule has 1 aliphatic carbocycles. The Morgan fingerprint density at radius 3 is 2.79 bits per heavy atom. The zero-order valence-corrected chi connectivity index (χ0v) is 16.2. The molecule has 1 saturated carbocycles. The van der Waals surface area contributed by atoms with Crippen molar-refractivity contribution in [3.8, 4) is 11.8 Å². The minimum Gasteiger partial charge on any atom is -0.332 e. The van der Waals surface area contributed by atoms with Gasteiger partial charge in [0, 0.05) is 24.9 Å². The molecule has 0 bridgehead atoms. The predicted octanol–water partition coefficient (Wildman–Crippen LogP) is 3.29. The van der Waals surface area contributed by atoms with Gasteiger partial charge in [0.05, 0.1) is 18.2 Å². The lowest BCUT2D eigenvalue weighted by molar-refractivity contribution is 0.0237. The molecule has 152 valence electrons. The number of nitrogens with zero attached hydrogens (tertiary/aromatic N) is 1. The number of urea groups is 1. The number of nitrogens with one attached hydrogen (secondary N) is 1. The van der Waals surface area contributed by atoms with Crippen molar-refractivity contribution in [1.82, 2.24) is 10.2 Å². The number of rotatable bonds is 4. The molecule has 7 heteroatoms. The summed E-state index contributed by atoms with van der Waals surface area (Å²) in [6.45, 7) is 2.40. The first-order chi connectivity index (χ1) is 13.1. The molecule has 2 fully saturated rings. The topological polar surface area (TPSA) is 58.4 Å². The van der Waals surface area contributed by atoms with Crippen molar-refractivity contribution in [2.45, 2.75) is 57.5 Å². The zero-order chi connectivity index (χ0) is 20.5. The fourth-order valence-corrected chi connectivity index (χ4v) is 3.31. The Bertz CT molecular complexity index is 805. The van der Waals surface area contributed by atoms with Crippen LogP contribution in [0.4, 0.5) is 18.0 Å². The quantitative estimate of drug-likeness (QED) is 0.772. The van der Waals surface area contributed by atoms with Crippen molar-refractivity contribution in [2.24, 2.45) is 11.1 Å². The summed E-state index contributed by atoms with van der Waals surface area (Å²) in [4.78, 5) is 13.7. The molecule has 3 N–H and O–H groups in total. The van der Waals surface area contributed by atoms with Gasteiger partial charge >= 0.3 is 6.03 Å². The average Bonchev–Trinajstić information content (AvgIpc) is 3.25. The summed E-state index contributed by atoms with van der Waals surface area (Å²) in [5.74, 6) is 2.65. The molecule has 1 aliphatic heterocycles. The Balaban J connectivity index is 1.73. The van der Waals surface area contributed by atoms with E-state index >= 15 is 0 Å². The van der Waals surface area contributed by atoms with Crippen molar-refractivity contribution >= 4 is 6.03 Å². The van der Waals surface area contributed by atoms with E-state index < -0.39 is 30.4 Å². The Hall–Kier alpha value is -2.20. The van der Waals surface area contributed by atoms with Gasteiger partial charge in [0.1, 0.15) is 5.82 Å². The second kappa shape index (κ2) is 7.67. The molecule has 1 heterocycles. The Morgan fingerprint density at radius 1 is 1.43 bits per heavy atom. The van der Waals surface area contributed by atoms with Gasteiger partial charge in [-0.1, -0.05) is 24.0 Å². The summed E-state index contributed by atoms with van der Waals surface area (Å²) < 4.78 is 41.0. The van der Waals surface area contributed by atoms with E-state index in [1.165, 1.54) is 4.90 Å². The zero-order valence-electron chi connectivity index (χ0n) is 16.2. The second-order valence-electron chi connectivity index (χ2n) is 8.24. The Morgan fingerprint density at radius 2 is 2.14 bits per heavy atom. The minimum atomic E-state index is -3.00. The molecule has 3 rings (SSSR count). The number of alkyl halides is 2. The highest BCUT2D eigenvalue weighted by molar-refractivity contribution is 5.75. The van der Waals surface area contributed by atoms with Crippen LogP contribution >= 0.6 is 0 Å². The molecule has 0 spiro atoms. The van der Waals surface area contributed by atoms with E-state index in [0.717, 1.165) is 19.8 Å². The van der Waals surface area contributed by atoms with Crippen LogP contribution in [0.3, 0.4) is 0 Å². The van der Waals surface area contributed by atoms with Gasteiger partial charge in [-0.3, -0.25) is 0 Å². The average molecular weight is 393 g/mol. The molecule has 2 atom stereocenters. The first-order valence-corrected chi connectivity index (χ1v) is 9.56. The summed E-state index contributed by atoms with van der Waals surface area (Å²) >= 11 is 0. The van der Waals surface area contributed by atoms with Crippen LogP contribution in [0.25, 0.3) is 0 Å². The van der Waals surface area contributed by atoms with Gasteiger partial charge in [-0.15, -0.1) is 0 Å². The SMILES string of the molecule is CC(F)(F)CNC(=O)N1CCC(N)C1Cc1cccc(C#CC2(C)CC2)c1F. The number of halogens is 3. The van der Waals surface area contributed by atoms with Crippen molar-refractivity contribution in [3.05, 3.63) is 35.1 Å². The minimum absolute atomic E-state index is 0.00746. The van der Waals surface area contributed by atoms with Crippen molar-refractivity contribution in [2.75, 3.05) is 13.1 Å². The largest absolute Gasteiger partial charge is 0.332 e. The number of benzene rings is 1. The lowest BCUT2D eigenvalue weighted by atomic mass is 9.98. The molecule has 2 unspecified atom stereocenters. The molecule has 0 aromatic heterocycles. The van der Waals surface area contributed by atoms with Gasteiger partial charge < -0.3 is 16.0 Å². The van der Waals surface area contributed by atoms with Crippen LogP contribution in [0.5, 0.6) is 0 Å². The first kappa shape index (κ1) is 20.5. The smallest absolute Gasteiger partial charge is 0.317 e. The number of hydrogen-bond acceptors (Lipinski definition) is 2. The molecular formula is C21H26F3N3O. The van der Waals surface area contributed by atoms with Gasteiger partial charge in [-0.05, 0) is 44.2 Å². The van der Waals surface area contributed by atoms with Crippen LogP contribution < -0.4 is 11.1 Å². The van der Waals surface area contributed by atoms with E-state index in [1.807, 2.05) is 0 Å². The van der Waals surface area contributed by atoms with Crippen LogP contribution in [0, 0.1) is 23.1 Å². The maximum Gasteiger partial charge on any atom is 0.317 e. The number of carbonyl (C=O) groups excluding carboxylic acids is 1. The second-order valence-corrected chi connectivity index (χ2v) is 8.24. The summed E-state index contributed by atoms with van der Waals surface area (Å²) in [6, 6.07) is 3.63. The Kier molecular flexibility index (Phi) is 5.62. The van der Waals surface area contributed by atoms with Crippen molar-refractivity contribution in [3.63, 3.8) is 0 Å². The highest BCUT2D eigenvalue weighted by Crippen LogP contribution is 2.44. The number of likely N-dealkylation sites (tertiary alicyclic amines) is 1. The molecule has 2 amide bonds. The molecule has 0 radical (unpaired) electrons. The number of hydrogen-bond donors (Lipinski definition) is 2. The van der Waals surface area contributed by atoms with E-state index in [4.69, 9.17) is 5.73 Å². The molecule has 4 nitrogen and oxygen atoms in total. The Labute approximate surface area is 163 Å². The van der Waals surface area contributed by atoms with Crippen LogP contribution in [-0.4, -0.2) is 42.0 Å². The van der Waals surface area contributed by atoms with Gasteiger partial charge in [-0.2, -0.15) is 0 Å². The summed E-state index contributed by atoms with van der Waals surface area (Å²) in [5, 5.41) is 2.24. The highest BCUT2D eigenvalue weighted by atomic mass is 19.3. The van der Waals surface area contributed by atoms with E-state index in [2.05, 4.69) is 24.1 Å². The van der Waals surface area contributed by atoms with Crippen LogP contribution in [-0.2, 0) is 6.42 Å². The van der Waals surface area contributed by atoms with E-state index in [0.29, 0.717) is 24.1 Å². The monoisotopic (exact) mass is 393 g/mol. The van der Waals surface area contributed by atoms with E-state index in [1.54, 1.807) is 18.2 Å². The highest BCUT2D eigenvalue weighted by Gasteiger charge is 2.37. The summed E-state index contributed by atoms with van der Waals surface area (Å²) in [6.07, 6.45) is 2.81. The number of nitrogens with two attached hydrogens (primary N) is 1. The van der Waals surface area contributed by atoms with Crippen LogP contribution in [0.1, 0.15) is 44.2 Å². The van der Waals surface area contributed by atoms with E-state index in [-0.39, 0.29) is 17.9 Å². The van der Waals surface area contributed by atoms with Crippen molar-refractivity contribution in [1.29, 1.82) is 0 Å². The normalized spacial score (nSPS) is 23.1. The van der Waals surface area contributed by atoms with Crippen molar-refractivity contribution < 1.29 is 18.0 Å². The molecule has 1 saturated heterocycles. The van der Waals surface area contributed by atoms with Gasteiger partial charge in [-0.25, -0.2) is 18.0 Å². The molecule has 28 heavy (non-hydrogen) atoms. The fourth-order valence-electron chi connectivity index (χ4n) is 3.31. The van der Waals surface area contributed by atoms with Crippen LogP contribution in [0.15, 0.2) is 18.2 Å². The standard InChI is InChI=1S/C21H26F3N3O/c1-20(9-10-20)8-6-14-4-3-5-15(18(14)22)12-17-16(25)7-11-27(17)19(28)26-13-21(2,23)24/h3-5,16-17H,7,9-13,25H2,1-2H3,(H,26,28). The molecule has 1 aromatic carbocycles. The van der Waals surface area contributed by atoms with Gasteiger partial charge in [0.25, 0.3) is 5.92 Å². The first-order valence-electron chi connectivity index (χ1n) is 9.56. The fraction of sp³-hybridized carbons (Fsp3) is 0.571. The lowest BCUT2D eigenvalue weighted by Gasteiger charge is -2.28. The van der Waals surface area contributed by atoms with Gasteiger partial charge in [0.15, 0.2) is 0 Å². The summed E-state index contributed by atoms with van der Waals surface area (Å²) in [5.41, 5.74) is 6.88. The van der Waals surface area contributed by atoms with Gasteiger partial charge in [0.2, 0.25) is 0 Å². The molecule has 1 aromatic rings. The lowest BCUT2D eigenvalue weighted by Crippen LogP contribution is -2.50. The molecule has 2 aliphatic rings. The van der Waals surface area contributed by atoms with E-state index in [9.17, 15) is 18.0 Å². The maximum atomic E-state index is 14.9. The third-order valence-corrected chi connectivity index (χ3v) is 5.42. The predicted molar refractivity (Wildman–Crippen MR) is 101 cm³/mol. The number of carbonyl (C=O) groups is 1. The maximum absolute atomic E-state index is 14.9. The third kappa shape index (κ3) is 4.99. The number of amides is 2. The third-order valence-electron chi connectivity index (χ3n) is 5.42.